The molecule has 0 saturated carbocycles. The Bertz CT molecular complexity index is 1990. The first-order valence-electron chi connectivity index (χ1n) is 19.5. The summed E-state index contributed by atoms with van der Waals surface area (Å²) in [4.78, 5) is 62.1. The standard InChI is InChI=1S/C45H58N6O7/c1-10-37(11-2)51(26-25-50(7)44(55)58-45(3,4)5)30-33-13-12-14-35(27-33)41(52)47-38-23-24-39(56-8)48-40(38)42(53)46-36-21-17-32(18-22-36)29-49(6)28-31-15-19-34(20-16-31)43(54)57-9/h12-24,27,37H,10-11,25-26,28-30H2,1-9H3,(H,46,53)(H,47,52). The van der Waals surface area contributed by atoms with Gasteiger partial charge in [0.05, 0.1) is 25.5 Å². The molecule has 0 aliphatic carbocycles. The van der Waals surface area contributed by atoms with Crippen LogP contribution < -0.4 is 15.4 Å². The van der Waals surface area contributed by atoms with E-state index in [-0.39, 0.29) is 35.4 Å². The number of hydrogen-bond acceptors (Lipinski definition) is 10. The van der Waals surface area contributed by atoms with Crippen LogP contribution in [0.3, 0.4) is 0 Å². The van der Waals surface area contributed by atoms with Crippen molar-refractivity contribution in [1.29, 1.82) is 0 Å². The topological polar surface area (TPSA) is 143 Å². The van der Waals surface area contributed by atoms with Gasteiger partial charge in [-0.2, -0.15) is 0 Å². The van der Waals surface area contributed by atoms with Crippen molar-refractivity contribution in [2.24, 2.45) is 0 Å². The lowest BCUT2D eigenvalue weighted by Crippen LogP contribution is -2.42. The van der Waals surface area contributed by atoms with Crippen molar-refractivity contribution in [3.63, 3.8) is 0 Å². The number of nitrogens with one attached hydrogen (secondary N) is 2. The molecule has 0 aliphatic rings. The SMILES string of the molecule is CCC(CC)N(CCN(C)C(=O)OC(C)(C)C)Cc1cccc(C(=O)Nc2ccc(OC)nc2C(=O)Nc2ccc(CN(C)Cc3ccc(C(=O)OC)cc3)cc2)c1. The number of amides is 3. The summed E-state index contributed by atoms with van der Waals surface area (Å²) in [5.41, 5.74) is 4.18. The number of anilines is 2. The van der Waals surface area contributed by atoms with E-state index < -0.39 is 17.4 Å². The molecule has 0 bridgehead atoms. The molecule has 0 saturated heterocycles. The van der Waals surface area contributed by atoms with Gasteiger partial charge < -0.3 is 29.7 Å². The maximum Gasteiger partial charge on any atom is 0.410 e. The average Bonchev–Trinajstić information content (AvgIpc) is 3.20. The van der Waals surface area contributed by atoms with Crippen LogP contribution >= 0.6 is 0 Å². The zero-order valence-electron chi connectivity index (χ0n) is 35.3. The van der Waals surface area contributed by atoms with E-state index in [9.17, 15) is 19.2 Å². The van der Waals surface area contributed by atoms with Gasteiger partial charge in [0.15, 0.2) is 5.69 Å². The highest BCUT2D eigenvalue weighted by molar-refractivity contribution is 6.11. The van der Waals surface area contributed by atoms with E-state index in [1.165, 1.54) is 14.2 Å². The maximum atomic E-state index is 13.7. The molecule has 13 nitrogen and oxygen atoms in total. The molecule has 3 amide bonds. The summed E-state index contributed by atoms with van der Waals surface area (Å²) in [5.74, 6) is -1.05. The first-order valence-corrected chi connectivity index (χ1v) is 19.5. The Labute approximate surface area is 342 Å². The molecule has 0 aliphatic heterocycles. The molecular weight excluding hydrogens is 737 g/mol. The molecule has 4 aromatic rings. The van der Waals surface area contributed by atoms with E-state index in [0.29, 0.717) is 49.5 Å². The van der Waals surface area contributed by atoms with E-state index in [2.05, 4.69) is 39.3 Å². The van der Waals surface area contributed by atoms with Gasteiger partial charge in [-0.1, -0.05) is 50.2 Å². The molecule has 0 unspecified atom stereocenters. The van der Waals surface area contributed by atoms with Gasteiger partial charge in [-0.25, -0.2) is 14.6 Å². The highest BCUT2D eigenvalue weighted by Crippen LogP contribution is 2.23. The molecule has 58 heavy (non-hydrogen) atoms. The fourth-order valence-electron chi connectivity index (χ4n) is 6.40. The number of rotatable bonds is 18. The van der Waals surface area contributed by atoms with Crippen LogP contribution in [-0.4, -0.2) is 96.6 Å². The number of esters is 1. The van der Waals surface area contributed by atoms with Crippen LogP contribution in [0, 0.1) is 0 Å². The summed E-state index contributed by atoms with van der Waals surface area (Å²) >= 11 is 0. The second-order valence-corrected chi connectivity index (χ2v) is 15.3. The average molecular weight is 795 g/mol. The first-order chi connectivity index (χ1) is 27.6. The van der Waals surface area contributed by atoms with Gasteiger partial charge in [-0.3, -0.25) is 19.4 Å². The van der Waals surface area contributed by atoms with Crippen molar-refractivity contribution in [2.75, 3.05) is 52.0 Å². The minimum atomic E-state index is -0.578. The van der Waals surface area contributed by atoms with Gasteiger partial charge in [0.25, 0.3) is 11.8 Å². The van der Waals surface area contributed by atoms with Crippen molar-refractivity contribution < 1.29 is 33.4 Å². The number of carbonyl (C=O) groups excluding carboxylic acids is 4. The Morgan fingerprint density at radius 2 is 1.36 bits per heavy atom. The first kappa shape index (κ1) is 44.9. The lowest BCUT2D eigenvalue weighted by atomic mass is 10.1. The summed E-state index contributed by atoms with van der Waals surface area (Å²) in [6.45, 7) is 12.9. The molecular formula is C45H58N6O7. The van der Waals surface area contributed by atoms with Crippen LogP contribution in [0.5, 0.6) is 5.88 Å². The second-order valence-electron chi connectivity index (χ2n) is 15.3. The number of ether oxygens (including phenoxy) is 3. The number of nitrogens with zero attached hydrogens (tertiary/aromatic N) is 4. The van der Waals surface area contributed by atoms with Crippen LogP contribution in [0.1, 0.15) is 95.4 Å². The zero-order chi connectivity index (χ0) is 42.4. The summed E-state index contributed by atoms with van der Waals surface area (Å²) in [7, 11) is 6.56. The highest BCUT2D eigenvalue weighted by atomic mass is 16.6. The van der Waals surface area contributed by atoms with Gasteiger partial charge >= 0.3 is 12.1 Å². The Balaban J connectivity index is 1.41. The smallest absolute Gasteiger partial charge is 0.410 e. The van der Waals surface area contributed by atoms with Crippen molar-refractivity contribution in [2.45, 2.75) is 78.7 Å². The summed E-state index contributed by atoms with van der Waals surface area (Å²) in [5, 5.41) is 5.78. The number of benzene rings is 3. The monoisotopic (exact) mass is 794 g/mol. The highest BCUT2D eigenvalue weighted by Gasteiger charge is 2.23. The largest absolute Gasteiger partial charge is 0.481 e. The minimum Gasteiger partial charge on any atom is -0.481 e. The Hall–Kier alpha value is -5.79. The number of hydrogen-bond donors (Lipinski definition) is 2. The quantitative estimate of drug-likeness (QED) is 0.0956. The van der Waals surface area contributed by atoms with Gasteiger partial charge in [0, 0.05) is 63.1 Å². The molecule has 0 radical (unpaired) electrons. The number of carbonyl (C=O) groups is 4. The minimum absolute atomic E-state index is 0.0000946. The summed E-state index contributed by atoms with van der Waals surface area (Å²) in [6, 6.07) is 25.7. The number of likely N-dealkylation sites (N-methyl/N-ethyl adjacent to an activating group) is 1. The molecule has 3 aromatic carbocycles. The fourth-order valence-corrected chi connectivity index (χ4v) is 6.40. The van der Waals surface area contributed by atoms with Crippen molar-refractivity contribution in [3.05, 3.63) is 118 Å². The van der Waals surface area contributed by atoms with E-state index in [4.69, 9.17) is 14.2 Å². The molecule has 0 spiro atoms. The van der Waals surface area contributed by atoms with Gasteiger partial charge in [0.2, 0.25) is 5.88 Å². The van der Waals surface area contributed by atoms with E-state index in [0.717, 1.165) is 29.5 Å². The molecule has 0 atom stereocenters. The third-order valence-electron chi connectivity index (χ3n) is 9.50. The van der Waals surface area contributed by atoms with Crippen LogP contribution in [0.4, 0.5) is 16.2 Å². The van der Waals surface area contributed by atoms with Crippen molar-refractivity contribution in [3.8, 4) is 5.88 Å². The van der Waals surface area contributed by atoms with Crippen LogP contribution in [0.15, 0.2) is 84.9 Å². The van der Waals surface area contributed by atoms with E-state index >= 15 is 0 Å². The fraction of sp³-hybridized carbons (Fsp3) is 0.400. The van der Waals surface area contributed by atoms with Crippen LogP contribution in [-0.2, 0) is 29.1 Å². The normalized spacial score (nSPS) is 11.4. The molecule has 13 heteroatoms. The Morgan fingerprint density at radius 3 is 1.95 bits per heavy atom. The summed E-state index contributed by atoms with van der Waals surface area (Å²) < 4.78 is 15.6. The molecule has 310 valence electrons. The maximum absolute atomic E-state index is 13.7. The molecule has 2 N–H and O–H groups in total. The Morgan fingerprint density at radius 1 is 0.724 bits per heavy atom. The predicted octanol–water partition coefficient (Wildman–Crippen LogP) is 7.87. The van der Waals surface area contributed by atoms with Crippen LogP contribution in [0.2, 0.25) is 0 Å². The van der Waals surface area contributed by atoms with Gasteiger partial charge in [0.1, 0.15) is 5.60 Å². The number of aromatic nitrogens is 1. The zero-order valence-corrected chi connectivity index (χ0v) is 35.3. The lowest BCUT2D eigenvalue weighted by Gasteiger charge is -2.32. The second kappa shape index (κ2) is 21.1. The van der Waals surface area contributed by atoms with Gasteiger partial charge in [-0.05, 0) is 99.8 Å². The van der Waals surface area contributed by atoms with E-state index in [1.54, 1.807) is 42.3 Å². The molecule has 1 heterocycles. The third kappa shape index (κ3) is 13.4. The van der Waals surface area contributed by atoms with Crippen molar-refractivity contribution in [1.82, 2.24) is 19.7 Å². The van der Waals surface area contributed by atoms with Crippen LogP contribution in [0.25, 0.3) is 0 Å². The summed E-state index contributed by atoms with van der Waals surface area (Å²) in [6.07, 6.45) is 1.50. The van der Waals surface area contributed by atoms with Crippen molar-refractivity contribution >= 4 is 35.3 Å². The van der Waals surface area contributed by atoms with E-state index in [1.807, 2.05) is 82.4 Å². The van der Waals surface area contributed by atoms with Gasteiger partial charge in [-0.15, -0.1) is 0 Å². The molecule has 1 aromatic heterocycles. The number of pyridine rings is 1. The predicted molar refractivity (Wildman–Crippen MR) is 226 cm³/mol. The number of methoxy groups -OCH3 is 2. The third-order valence-corrected chi connectivity index (χ3v) is 9.50. The lowest BCUT2D eigenvalue weighted by molar-refractivity contribution is 0.0269. The molecule has 4 rings (SSSR count). The Kier molecular flexibility index (Phi) is 16.3. The molecule has 0 fully saturated rings.